The van der Waals surface area contributed by atoms with Crippen molar-refractivity contribution in [2.24, 2.45) is 0 Å². The van der Waals surface area contributed by atoms with Crippen LogP contribution in [-0.2, 0) is 5.41 Å². The van der Waals surface area contributed by atoms with Gasteiger partial charge < -0.3 is 9.13 Å². The van der Waals surface area contributed by atoms with E-state index in [1.807, 2.05) is 42.5 Å². The predicted molar refractivity (Wildman–Crippen MR) is 298 cm³/mol. The Labute approximate surface area is 422 Å². The maximum Gasteiger partial charge on any atom is 0.164 e. The number of hydrogen-bond donors (Lipinski definition) is 0. The van der Waals surface area contributed by atoms with Crippen molar-refractivity contribution in [3.8, 4) is 85.0 Å². The monoisotopic (exact) mass is 932 g/mol. The molecule has 10 aromatic carbocycles. The standard InChI is InChI=1S/C67H44N6/c1-67(2)56-26-14-11-22-50(56)51-35-34-48(40-57(51)67)72-60-28-16-13-25-55(60)62-61(72)38-36-53-52-23-12-15-27-59(52)73(63(53)62)58-37-33-46(39-47(58)41-68)65-69-64(45-31-29-43(30-32-45)42-17-5-3-6-18-42)70-66(71-65)54-24-10-9-21-49(54)44-19-7-4-8-20-44/h3-40H,1-2H3. The SMILES string of the molecule is CC1(C)c2ccccc2-c2ccc(-n3c4ccccc4c4c3ccc3c5ccccc5n(-c5ccc(-c6nc(-c7ccc(-c8ccccc8)cc7)nc(-c7ccccc7-c7ccccc7)n6)cc5C#N)c34)cc21. The molecule has 0 N–H and O–H groups in total. The molecule has 1 aliphatic rings. The Kier molecular flexibility index (Phi) is 9.51. The lowest BCUT2D eigenvalue weighted by molar-refractivity contribution is 0.660. The van der Waals surface area contributed by atoms with E-state index in [1.54, 1.807) is 0 Å². The van der Waals surface area contributed by atoms with E-state index in [9.17, 15) is 5.26 Å². The zero-order valence-corrected chi connectivity index (χ0v) is 40.1. The minimum atomic E-state index is -0.147. The van der Waals surface area contributed by atoms with Gasteiger partial charge >= 0.3 is 0 Å². The summed E-state index contributed by atoms with van der Waals surface area (Å²) in [6.07, 6.45) is 0. The number of benzene rings is 10. The zero-order chi connectivity index (χ0) is 48.8. The van der Waals surface area contributed by atoms with Gasteiger partial charge in [-0.2, -0.15) is 5.26 Å². The molecule has 3 heterocycles. The molecule has 342 valence electrons. The Morgan fingerprint density at radius 3 is 1.70 bits per heavy atom. The van der Waals surface area contributed by atoms with Crippen LogP contribution in [0.3, 0.4) is 0 Å². The Hall–Kier alpha value is -9.70. The molecule has 6 heteroatoms. The van der Waals surface area contributed by atoms with E-state index in [-0.39, 0.29) is 5.41 Å². The Morgan fingerprint density at radius 2 is 0.945 bits per heavy atom. The third-order valence-electron chi connectivity index (χ3n) is 15.0. The first kappa shape index (κ1) is 42.2. The van der Waals surface area contributed by atoms with Crippen LogP contribution in [0.25, 0.3) is 123 Å². The second-order valence-electron chi connectivity index (χ2n) is 19.5. The highest BCUT2D eigenvalue weighted by Gasteiger charge is 2.35. The average Bonchev–Trinajstić information content (AvgIpc) is 4.06. The van der Waals surface area contributed by atoms with Gasteiger partial charge in [0.2, 0.25) is 0 Å². The molecule has 0 atom stereocenters. The van der Waals surface area contributed by atoms with Crippen LogP contribution in [0.15, 0.2) is 231 Å². The number of nitrogens with zero attached hydrogens (tertiary/aromatic N) is 6. The molecule has 6 nitrogen and oxygen atoms in total. The molecular weight excluding hydrogens is 889 g/mol. The smallest absolute Gasteiger partial charge is 0.164 e. The molecule has 0 saturated carbocycles. The van der Waals surface area contributed by atoms with Crippen molar-refractivity contribution in [3.63, 3.8) is 0 Å². The lowest BCUT2D eigenvalue weighted by Crippen LogP contribution is -2.15. The van der Waals surface area contributed by atoms with Crippen LogP contribution in [0.2, 0.25) is 0 Å². The minimum absolute atomic E-state index is 0.147. The summed E-state index contributed by atoms with van der Waals surface area (Å²) in [6, 6.07) is 83.5. The van der Waals surface area contributed by atoms with Gasteiger partial charge in [0.05, 0.1) is 33.3 Å². The second kappa shape index (κ2) is 16.4. The number of para-hydroxylation sites is 2. The van der Waals surface area contributed by atoms with Gasteiger partial charge in [0.15, 0.2) is 17.5 Å². The van der Waals surface area contributed by atoms with Crippen LogP contribution in [0.1, 0.15) is 30.5 Å². The number of rotatable bonds is 7. The Morgan fingerprint density at radius 1 is 0.384 bits per heavy atom. The van der Waals surface area contributed by atoms with Crippen molar-refractivity contribution < 1.29 is 0 Å². The summed E-state index contributed by atoms with van der Waals surface area (Å²) in [5.41, 5.74) is 18.6. The largest absolute Gasteiger partial charge is 0.309 e. The summed E-state index contributed by atoms with van der Waals surface area (Å²) in [6.45, 7) is 4.67. The summed E-state index contributed by atoms with van der Waals surface area (Å²) in [5, 5.41) is 15.8. The molecule has 0 saturated heterocycles. The van der Waals surface area contributed by atoms with E-state index in [1.165, 1.54) is 22.3 Å². The molecule has 3 aromatic heterocycles. The van der Waals surface area contributed by atoms with E-state index >= 15 is 0 Å². The fourth-order valence-corrected chi connectivity index (χ4v) is 11.6. The number of aromatic nitrogens is 5. The first-order valence-corrected chi connectivity index (χ1v) is 24.7. The molecule has 0 bridgehead atoms. The van der Waals surface area contributed by atoms with Crippen LogP contribution < -0.4 is 0 Å². The van der Waals surface area contributed by atoms with Crippen molar-refractivity contribution in [3.05, 3.63) is 247 Å². The van der Waals surface area contributed by atoms with E-state index in [0.717, 1.165) is 88.4 Å². The average molecular weight is 933 g/mol. The summed E-state index contributed by atoms with van der Waals surface area (Å²) < 4.78 is 4.71. The molecule has 0 aliphatic heterocycles. The summed E-state index contributed by atoms with van der Waals surface area (Å²) >= 11 is 0. The van der Waals surface area contributed by atoms with E-state index in [2.05, 4.69) is 217 Å². The number of fused-ring (bicyclic) bond motifs is 10. The van der Waals surface area contributed by atoms with Gasteiger partial charge in [-0.3, -0.25) is 0 Å². The van der Waals surface area contributed by atoms with Crippen LogP contribution >= 0.6 is 0 Å². The first-order valence-electron chi connectivity index (χ1n) is 24.7. The second-order valence-corrected chi connectivity index (χ2v) is 19.5. The van der Waals surface area contributed by atoms with Crippen molar-refractivity contribution in [2.45, 2.75) is 19.3 Å². The highest BCUT2D eigenvalue weighted by Crippen LogP contribution is 2.50. The van der Waals surface area contributed by atoms with E-state index in [4.69, 9.17) is 15.0 Å². The predicted octanol–water partition coefficient (Wildman–Crippen LogP) is 16.6. The highest BCUT2D eigenvalue weighted by atomic mass is 15.0. The van der Waals surface area contributed by atoms with Gasteiger partial charge in [0.25, 0.3) is 0 Å². The molecule has 0 unspecified atom stereocenters. The van der Waals surface area contributed by atoms with Crippen molar-refractivity contribution in [2.75, 3.05) is 0 Å². The normalized spacial score (nSPS) is 12.6. The zero-order valence-electron chi connectivity index (χ0n) is 40.1. The lowest BCUT2D eigenvalue weighted by atomic mass is 9.82. The highest BCUT2D eigenvalue weighted by molar-refractivity contribution is 6.26. The van der Waals surface area contributed by atoms with Gasteiger partial charge in [-0.05, 0) is 93.0 Å². The third-order valence-corrected chi connectivity index (χ3v) is 15.0. The maximum absolute atomic E-state index is 11.3. The summed E-state index contributed by atoms with van der Waals surface area (Å²) in [5.74, 6) is 1.57. The van der Waals surface area contributed by atoms with Crippen molar-refractivity contribution >= 4 is 43.6 Å². The number of nitriles is 1. The summed E-state index contributed by atoms with van der Waals surface area (Å²) in [7, 11) is 0. The van der Waals surface area contributed by atoms with Crippen LogP contribution in [0.4, 0.5) is 0 Å². The van der Waals surface area contributed by atoms with Crippen LogP contribution in [0, 0.1) is 11.3 Å². The topological polar surface area (TPSA) is 72.3 Å². The Bertz CT molecular complexity index is 4400. The van der Waals surface area contributed by atoms with E-state index in [0.29, 0.717) is 28.6 Å². The van der Waals surface area contributed by atoms with Crippen molar-refractivity contribution in [1.82, 2.24) is 24.1 Å². The molecule has 13 aromatic rings. The van der Waals surface area contributed by atoms with Crippen molar-refractivity contribution in [1.29, 1.82) is 5.26 Å². The quantitative estimate of drug-likeness (QED) is 0.160. The van der Waals surface area contributed by atoms with Crippen LogP contribution in [0.5, 0.6) is 0 Å². The minimum Gasteiger partial charge on any atom is -0.309 e. The third kappa shape index (κ3) is 6.60. The molecule has 73 heavy (non-hydrogen) atoms. The van der Waals surface area contributed by atoms with Gasteiger partial charge in [-0.1, -0.05) is 196 Å². The molecular formula is C67H44N6. The molecule has 1 aliphatic carbocycles. The van der Waals surface area contributed by atoms with E-state index < -0.39 is 0 Å². The fourth-order valence-electron chi connectivity index (χ4n) is 11.6. The Balaban J connectivity index is 0.960. The summed E-state index contributed by atoms with van der Waals surface area (Å²) in [4.78, 5) is 15.6. The lowest BCUT2D eigenvalue weighted by Gasteiger charge is -2.22. The molecule has 0 amide bonds. The molecule has 0 radical (unpaired) electrons. The fraction of sp³-hybridized carbons (Fsp3) is 0.0448. The maximum atomic E-state index is 11.3. The van der Waals surface area contributed by atoms with Crippen LogP contribution in [-0.4, -0.2) is 24.1 Å². The first-order chi connectivity index (χ1) is 35.9. The molecule has 0 spiro atoms. The van der Waals surface area contributed by atoms with Gasteiger partial charge in [0.1, 0.15) is 6.07 Å². The van der Waals surface area contributed by atoms with Gasteiger partial charge in [0, 0.05) is 49.3 Å². The van der Waals surface area contributed by atoms with Gasteiger partial charge in [-0.25, -0.2) is 15.0 Å². The van der Waals surface area contributed by atoms with Gasteiger partial charge in [-0.15, -0.1) is 0 Å². The molecule has 0 fully saturated rings. The molecule has 14 rings (SSSR count). The number of hydrogen-bond acceptors (Lipinski definition) is 4.